The average molecular weight is 435 g/mol. The standard InChI is InChI=1S/C22H29NO8/c1-7-28-18(24)16(19(25)29-8-2)15(13-9-11-14(12-10-13)23(5)6)17-20(26)30-22(3,4)31-21(17)27/h9-12,15-17H,7-8H2,1-6H3. The summed E-state index contributed by atoms with van der Waals surface area (Å²) >= 11 is 0. The number of ether oxygens (including phenoxy) is 4. The van der Waals surface area contributed by atoms with E-state index in [0.29, 0.717) is 5.56 Å². The van der Waals surface area contributed by atoms with Gasteiger partial charge in [0.05, 0.1) is 13.2 Å². The lowest BCUT2D eigenvalue weighted by Gasteiger charge is -2.37. The van der Waals surface area contributed by atoms with Gasteiger partial charge in [0, 0.05) is 39.5 Å². The van der Waals surface area contributed by atoms with Crippen molar-refractivity contribution in [1.82, 2.24) is 0 Å². The fourth-order valence-corrected chi connectivity index (χ4v) is 3.45. The highest BCUT2D eigenvalue weighted by atomic mass is 16.7. The normalized spacial score (nSPS) is 16.9. The van der Waals surface area contributed by atoms with Crippen molar-refractivity contribution < 1.29 is 38.1 Å². The van der Waals surface area contributed by atoms with Crippen LogP contribution in [0.3, 0.4) is 0 Å². The highest BCUT2D eigenvalue weighted by Crippen LogP contribution is 2.40. The van der Waals surface area contributed by atoms with Crippen LogP contribution in [0.4, 0.5) is 5.69 Å². The Bertz CT molecular complexity index is 792. The lowest BCUT2D eigenvalue weighted by atomic mass is 9.76. The van der Waals surface area contributed by atoms with E-state index in [2.05, 4.69) is 0 Å². The summed E-state index contributed by atoms with van der Waals surface area (Å²) in [7, 11) is 3.70. The zero-order valence-electron chi connectivity index (χ0n) is 18.7. The van der Waals surface area contributed by atoms with Gasteiger partial charge in [-0.2, -0.15) is 0 Å². The second kappa shape index (κ2) is 9.80. The van der Waals surface area contributed by atoms with Crippen LogP contribution in [0.5, 0.6) is 0 Å². The monoisotopic (exact) mass is 435 g/mol. The van der Waals surface area contributed by atoms with E-state index in [1.807, 2.05) is 19.0 Å². The van der Waals surface area contributed by atoms with Crippen LogP contribution in [-0.2, 0) is 38.1 Å². The Morgan fingerprint density at radius 3 is 1.81 bits per heavy atom. The molecule has 0 saturated carbocycles. The molecule has 0 aliphatic carbocycles. The third-order valence-electron chi connectivity index (χ3n) is 4.79. The van der Waals surface area contributed by atoms with Gasteiger partial charge < -0.3 is 23.8 Å². The zero-order chi connectivity index (χ0) is 23.3. The van der Waals surface area contributed by atoms with E-state index < -0.39 is 47.4 Å². The maximum absolute atomic E-state index is 12.8. The fraction of sp³-hybridized carbons (Fsp3) is 0.545. The molecule has 1 aliphatic rings. The minimum absolute atomic E-state index is 0.00756. The molecule has 0 bridgehead atoms. The van der Waals surface area contributed by atoms with Gasteiger partial charge in [-0.1, -0.05) is 12.1 Å². The number of benzene rings is 1. The Hall–Kier alpha value is -3.10. The maximum atomic E-state index is 12.8. The van der Waals surface area contributed by atoms with Gasteiger partial charge in [-0.05, 0) is 31.5 Å². The lowest BCUT2D eigenvalue weighted by Crippen LogP contribution is -2.51. The van der Waals surface area contributed by atoms with E-state index in [4.69, 9.17) is 18.9 Å². The van der Waals surface area contributed by atoms with E-state index in [9.17, 15) is 19.2 Å². The third-order valence-corrected chi connectivity index (χ3v) is 4.79. The number of hydrogen-bond donors (Lipinski definition) is 0. The van der Waals surface area contributed by atoms with Gasteiger partial charge in [-0.15, -0.1) is 0 Å². The van der Waals surface area contributed by atoms with E-state index in [1.54, 1.807) is 38.1 Å². The topological polar surface area (TPSA) is 108 Å². The van der Waals surface area contributed by atoms with Gasteiger partial charge in [-0.3, -0.25) is 19.2 Å². The fourth-order valence-electron chi connectivity index (χ4n) is 3.45. The molecule has 9 nitrogen and oxygen atoms in total. The van der Waals surface area contributed by atoms with Crippen LogP contribution in [0.2, 0.25) is 0 Å². The Kier molecular flexibility index (Phi) is 7.65. The molecule has 0 radical (unpaired) electrons. The van der Waals surface area contributed by atoms with E-state index in [0.717, 1.165) is 5.69 Å². The number of carbonyl (C=O) groups is 4. The second-order valence-electron chi connectivity index (χ2n) is 7.71. The minimum Gasteiger partial charge on any atom is -0.465 e. The van der Waals surface area contributed by atoms with E-state index >= 15 is 0 Å². The van der Waals surface area contributed by atoms with Crippen LogP contribution >= 0.6 is 0 Å². The molecule has 1 atom stereocenters. The predicted molar refractivity (Wildman–Crippen MR) is 110 cm³/mol. The van der Waals surface area contributed by atoms with E-state index in [-0.39, 0.29) is 13.2 Å². The molecule has 1 heterocycles. The Balaban J connectivity index is 2.62. The average Bonchev–Trinajstić information content (AvgIpc) is 2.66. The Morgan fingerprint density at radius 2 is 1.42 bits per heavy atom. The summed E-state index contributed by atoms with van der Waals surface area (Å²) in [5.41, 5.74) is 1.25. The van der Waals surface area contributed by atoms with Crippen LogP contribution in [0.15, 0.2) is 24.3 Å². The van der Waals surface area contributed by atoms with Crippen molar-refractivity contribution >= 4 is 29.6 Å². The van der Waals surface area contributed by atoms with Crippen LogP contribution in [0, 0.1) is 11.8 Å². The molecule has 1 aromatic rings. The molecule has 1 unspecified atom stereocenters. The Morgan fingerprint density at radius 1 is 0.968 bits per heavy atom. The summed E-state index contributed by atoms with van der Waals surface area (Å²) in [5.74, 6) is -9.35. The quantitative estimate of drug-likeness (QED) is 0.344. The second-order valence-corrected chi connectivity index (χ2v) is 7.71. The maximum Gasteiger partial charge on any atom is 0.324 e. The molecule has 0 amide bonds. The minimum atomic E-state index is -1.56. The van der Waals surface area contributed by atoms with Crippen LogP contribution in [0.25, 0.3) is 0 Å². The molecule has 9 heteroatoms. The Labute approximate surface area is 181 Å². The smallest absolute Gasteiger partial charge is 0.324 e. The molecule has 0 N–H and O–H groups in total. The molecule has 1 aromatic carbocycles. The number of carbonyl (C=O) groups excluding carboxylic acids is 4. The number of anilines is 1. The summed E-state index contributed by atoms with van der Waals surface area (Å²) in [5, 5.41) is 0. The van der Waals surface area contributed by atoms with Crippen molar-refractivity contribution in [3.05, 3.63) is 29.8 Å². The van der Waals surface area contributed by atoms with Gasteiger partial charge in [0.1, 0.15) is 0 Å². The number of hydrogen-bond acceptors (Lipinski definition) is 9. The summed E-state index contributed by atoms with van der Waals surface area (Å²) < 4.78 is 20.7. The molecule has 1 fully saturated rings. The molecule has 170 valence electrons. The zero-order valence-corrected chi connectivity index (χ0v) is 18.7. The van der Waals surface area contributed by atoms with Crippen molar-refractivity contribution in [2.45, 2.75) is 39.4 Å². The van der Waals surface area contributed by atoms with Gasteiger partial charge >= 0.3 is 23.9 Å². The lowest BCUT2D eigenvalue weighted by molar-refractivity contribution is -0.241. The van der Waals surface area contributed by atoms with Crippen LogP contribution in [0.1, 0.15) is 39.2 Å². The van der Waals surface area contributed by atoms with E-state index in [1.165, 1.54) is 13.8 Å². The molecular formula is C22H29NO8. The molecule has 31 heavy (non-hydrogen) atoms. The molecule has 1 aliphatic heterocycles. The van der Waals surface area contributed by atoms with Gasteiger partial charge in [0.2, 0.25) is 0 Å². The van der Waals surface area contributed by atoms with Crippen molar-refractivity contribution in [3.8, 4) is 0 Å². The molecule has 2 rings (SSSR count). The molecule has 1 saturated heterocycles. The summed E-state index contributed by atoms with van der Waals surface area (Å²) in [6.45, 7) is 6.04. The summed E-state index contributed by atoms with van der Waals surface area (Å²) in [4.78, 5) is 53.1. The van der Waals surface area contributed by atoms with Gasteiger partial charge in [-0.25, -0.2) is 0 Å². The van der Waals surface area contributed by atoms with Crippen molar-refractivity contribution in [3.63, 3.8) is 0 Å². The van der Waals surface area contributed by atoms with Crippen molar-refractivity contribution in [2.75, 3.05) is 32.2 Å². The first-order chi connectivity index (χ1) is 14.5. The number of esters is 4. The van der Waals surface area contributed by atoms with Crippen molar-refractivity contribution in [2.24, 2.45) is 11.8 Å². The summed E-state index contributed by atoms with van der Waals surface area (Å²) in [6, 6.07) is 6.79. The van der Waals surface area contributed by atoms with Gasteiger partial charge in [0.15, 0.2) is 11.8 Å². The first-order valence-corrected chi connectivity index (χ1v) is 10.1. The SMILES string of the molecule is CCOC(=O)C(C(=O)OCC)C(c1ccc(N(C)C)cc1)C1C(=O)OC(C)(C)OC1=O. The third kappa shape index (κ3) is 5.53. The molecular weight excluding hydrogens is 406 g/mol. The number of cyclic esters (lactones) is 2. The molecule has 0 aromatic heterocycles. The molecule has 0 spiro atoms. The first kappa shape index (κ1) is 24.2. The van der Waals surface area contributed by atoms with Crippen molar-refractivity contribution in [1.29, 1.82) is 0 Å². The first-order valence-electron chi connectivity index (χ1n) is 10.1. The highest BCUT2D eigenvalue weighted by molar-refractivity contribution is 6.02. The number of nitrogens with zero attached hydrogens (tertiary/aromatic N) is 1. The van der Waals surface area contributed by atoms with Gasteiger partial charge in [0.25, 0.3) is 5.79 Å². The van der Waals surface area contributed by atoms with Crippen LogP contribution in [-0.4, -0.2) is 57.0 Å². The van der Waals surface area contributed by atoms with Crippen LogP contribution < -0.4 is 4.90 Å². The largest absolute Gasteiger partial charge is 0.465 e. The predicted octanol–water partition coefficient (Wildman–Crippen LogP) is 2.03. The summed E-state index contributed by atoms with van der Waals surface area (Å²) in [6.07, 6.45) is 0. The number of rotatable bonds is 8. The highest BCUT2D eigenvalue weighted by Gasteiger charge is 2.53.